The van der Waals surface area contributed by atoms with Gasteiger partial charge >= 0.3 is 5.95 Å². The van der Waals surface area contributed by atoms with Crippen molar-refractivity contribution in [1.29, 1.82) is 0 Å². The second kappa shape index (κ2) is 5.46. The van der Waals surface area contributed by atoms with Crippen LogP contribution in [0.3, 0.4) is 0 Å². The molecule has 0 saturated carbocycles. The van der Waals surface area contributed by atoms with Gasteiger partial charge < -0.3 is 0 Å². The van der Waals surface area contributed by atoms with Gasteiger partial charge in [0.1, 0.15) is 11.4 Å². The molecule has 0 atom stereocenters. The van der Waals surface area contributed by atoms with Crippen LogP contribution in [0.25, 0.3) is 33.4 Å². The lowest BCUT2D eigenvalue weighted by Gasteiger charge is -2.06. The summed E-state index contributed by atoms with van der Waals surface area (Å²) in [4.78, 5) is 7.47. The third kappa shape index (κ3) is 2.48. The van der Waals surface area contributed by atoms with Crippen LogP contribution >= 0.6 is 0 Å². The summed E-state index contributed by atoms with van der Waals surface area (Å²) in [5, 5.41) is 9.34. The summed E-state index contributed by atoms with van der Waals surface area (Å²) >= 11 is 0. The van der Waals surface area contributed by atoms with Crippen molar-refractivity contribution < 1.29 is 4.98 Å². The number of hydrogen-bond acceptors (Lipinski definition) is 4. The Bertz CT molecular complexity index is 983. The van der Waals surface area contributed by atoms with Crippen LogP contribution in [-0.4, -0.2) is 15.2 Å². The van der Waals surface area contributed by atoms with Gasteiger partial charge in [-0.1, -0.05) is 47.6 Å². The lowest BCUT2D eigenvalue weighted by molar-refractivity contribution is -0.351. The smallest absolute Gasteiger partial charge is 0.286 e. The predicted octanol–water partition coefficient (Wildman–Crippen LogP) is 2.76. The van der Waals surface area contributed by atoms with Crippen molar-refractivity contribution in [3.05, 3.63) is 66.9 Å². The van der Waals surface area contributed by atoms with Crippen molar-refractivity contribution in [3.63, 3.8) is 0 Å². The molecule has 0 fully saturated rings. The molecule has 3 N–H and O–H groups in total. The molecule has 4 aromatic rings. The number of aromatic nitrogens is 4. The molecule has 0 aliphatic heterocycles. The van der Waals surface area contributed by atoms with Crippen LogP contribution in [0.5, 0.6) is 0 Å². The van der Waals surface area contributed by atoms with Crippen molar-refractivity contribution in [1.82, 2.24) is 15.2 Å². The van der Waals surface area contributed by atoms with Crippen LogP contribution in [-0.2, 0) is 0 Å². The molecular formula is C18H14N5+. The van der Waals surface area contributed by atoms with Crippen LogP contribution < -0.4 is 10.7 Å². The highest BCUT2D eigenvalue weighted by Gasteiger charge is 2.16. The van der Waals surface area contributed by atoms with Crippen LogP contribution in [0, 0.1) is 0 Å². The van der Waals surface area contributed by atoms with Crippen molar-refractivity contribution in [2.45, 2.75) is 0 Å². The van der Waals surface area contributed by atoms with Crippen molar-refractivity contribution in [2.75, 3.05) is 5.73 Å². The predicted molar refractivity (Wildman–Crippen MR) is 89.2 cm³/mol. The molecule has 4 rings (SSSR count). The zero-order valence-corrected chi connectivity index (χ0v) is 12.3. The fourth-order valence-corrected chi connectivity index (χ4v) is 2.60. The number of anilines is 1. The van der Waals surface area contributed by atoms with Crippen LogP contribution in [0.1, 0.15) is 0 Å². The fraction of sp³-hybridized carbons (Fsp3) is 0. The van der Waals surface area contributed by atoms with Gasteiger partial charge in [-0.15, -0.1) is 0 Å². The Morgan fingerprint density at radius 3 is 2.57 bits per heavy atom. The van der Waals surface area contributed by atoms with Crippen molar-refractivity contribution in [2.24, 2.45) is 0 Å². The van der Waals surface area contributed by atoms with E-state index >= 15 is 0 Å². The van der Waals surface area contributed by atoms with Gasteiger partial charge in [0, 0.05) is 27.8 Å². The third-order valence-corrected chi connectivity index (χ3v) is 3.69. The highest BCUT2D eigenvalue weighted by molar-refractivity contribution is 5.86. The van der Waals surface area contributed by atoms with E-state index in [-0.39, 0.29) is 5.95 Å². The number of pyridine rings is 1. The van der Waals surface area contributed by atoms with E-state index < -0.39 is 0 Å². The lowest BCUT2D eigenvalue weighted by atomic mass is 10.0. The van der Waals surface area contributed by atoms with Crippen LogP contribution in [0.4, 0.5) is 5.95 Å². The molecule has 0 saturated heterocycles. The maximum absolute atomic E-state index is 5.79. The Hall–Kier alpha value is -3.34. The quantitative estimate of drug-likeness (QED) is 0.617. The van der Waals surface area contributed by atoms with Gasteiger partial charge in [0.15, 0.2) is 0 Å². The fourth-order valence-electron chi connectivity index (χ4n) is 2.60. The van der Waals surface area contributed by atoms with E-state index in [1.54, 1.807) is 6.20 Å². The molecule has 0 spiro atoms. The normalized spacial score (nSPS) is 10.8. The molecule has 0 aliphatic rings. The van der Waals surface area contributed by atoms with Gasteiger partial charge in [-0.05, 0) is 18.2 Å². The largest absolute Gasteiger partial charge is 0.410 e. The van der Waals surface area contributed by atoms with Crippen LogP contribution in [0.15, 0.2) is 66.9 Å². The molecule has 0 unspecified atom stereocenters. The van der Waals surface area contributed by atoms with Gasteiger partial charge in [0.25, 0.3) is 0 Å². The highest BCUT2D eigenvalue weighted by Crippen LogP contribution is 2.28. The average Bonchev–Trinajstić information content (AvgIpc) is 2.62. The molecule has 0 aliphatic carbocycles. The Morgan fingerprint density at radius 1 is 0.826 bits per heavy atom. The number of benzene rings is 2. The van der Waals surface area contributed by atoms with E-state index in [1.807, 2.05) is 54.6 Å². The number of fused-ring (bicyclic) bond motifs is 1. The zero-order valence-electron chi connectivity index (χ0n) is 12.3. The summed E-state index contributed by atoms with van der Waals surface area (Å²) in [7, 11) is 0. The number of nitrogen functional groups attached to an aromatic ring is 1. The van der Waals surface area contributed by atoms with Crippen LogP contribution in [0.2, 0.25) is 0 Å². The summed E-state index contributed by atoms with van der Waals surface area (Å²) in [5.74, 6) is 0.287. The minimum absolute atomic E-state index is 0.287. The van der Waals surface area contributed by atoms with Gasteiger partial charge in [-0.3, -0.25) is 10.7 Å². The molecule has 0 amide bonds. The Labute approximate surface area is 132 Å². The molecule has 110 valence electrons. The molecule has 0 bridgehead atoms. The van der Waals surface area contributed by atoms with Gasteiger partial charge in [-0.2, -0.15) is 0 Å². The van der Waals surface area contributed by atoms with E-state index in [0.29, 0.717) is 0 Å². The first-order valence-corrected chi connectivity index (χ1v) is 7.27. The Balaban J connectivity index is 1.94. The summed E-state index contributed by atoms with van der Waals surface area (Å²) in [6, 6.07) is 20.0. The first-order valence-electron chi connectivity index (χ1n) is 7.27. The van der Waals surface area contributed by atoms with Crippen molar-refractivity contribution >= 4 is 16.9 Å². The SMILES string of the molecule is Nc1nnc(-c2ccc3ncccc3c2)c(-c2ccccc2)[nH+]1. The summed E-state index contributed by atoms with van der Waals surface area (Å²) in [6.07, 6.45) is 1.79. The van der Waals surface area contributed by atoms with E-state index in [0.717, 1.165) is 33.4 Å². The monoisotopic (exact) mass is 300 g/mol. The zero-order chi connectivity index (χ0) is 15.6. The number of hydrogen-bond donors (Lipinski definition) is 1. The molecule has 0 radical (unpaired) electrons. The molecular weight excluding hydrogens is 286 g/mol. The molecule has 5 heteroatoms. The number of aromatic amines is 1. The summed E-state index contributed by atoms with van der Waals surface area (Å²) in [5.41, 5.74) is 10.3. The first kappa shape index (κ1) is 13.3. The maximum atomic E-state index is 5.79. The van der Waals surface area contributed by atoms with Crippen molar-refractivity contribution in [3.8, 4) is 22.5 Å². The summed E-state index contributed by atoms with van der Waals surface area (Å²) in [6.45, 7) is 0. The topological polar surface area (TPSA) is 78.8 Å². The number of rotatable bonds is 2. The number of nitrogens with one attached hydrogen (secondary N) is 1. The first-order chi connectivity index (χ1) is 11.3. The molecule has 23 heavy (non-hydrogen) atoms. The number of H-pyrrole nitrogens is 1. The molecule has 5 nitrogen and oxygen atoms in total. The Morgan fingerprint density at radius 2 is 1.70 bits per heavy atom. The number of nitrogens with zero attached hydrogens (tertiary/aromatic N) is 3. The van der Waals surface area contributed by atoms with E-state index in [9.17, 15) is 0 Å². The average molecular weight is 300 g/mol. The highest BCUT2D eigenvalue weighted by atomic mass is 15.2. The number of nitrogens with two attached hydrogens (primary N) is 1. The Kier molecular flexibility index (Phi) is 3.16. The third-order valence-electron chi connectivity index (χ3n) is 3.69. The second-order valence-electron chi connectivity index (χ2n) is 5.21. The summed E-state index contributed by atoms with van der Waals surface area (Å²) < 4.78 is 0. The maximum Gasteiger partial charge on any atom is 0.410 e. The standard InChI is InChI=1S/C18H13N5/c19-18-21-16(12-5-2-1-3-6-12)17(22-23-18)14-8-9-15-13(11-14)7-4-10-20-15/h1-11H,(H2,19,21,23)/p+1. The van der Waals surface area contributed by atoms with E-state index in [2.05, 4.69) is 26.2 Å². The van der Waals surface area contributed by atoms with Gasteiger partial charge in [-0.25, -0.2) is 4.98 Å². The van der Waals surface area contributed by atoms with E-state index in [4.69, 9.17) is 5.73 Å². The minimum Gasteiger partial charge on any atom is -0.286 e. The lowest BCUT2D eigenvalue weighted by Crippen LogP contribution is -2.18. The molecule has 2 aromatic heterocycles. The van der Waals surface area contributed by atoms with E-state index in [1.165, 1.54) is 0 Å². The minimum atomic E-state index is 0.287. The molecule has 2 aromatic carbocycles. The van der Waals surface area contributed by atoms with Gasteiger partial charge in [0.2, 0.25) is 0 Å². The molecule has 2 heterocycles. The second-order valence-corrected chi connectivity index (χ2v) is 5.21. The van der Waals surface area contributed by atoms with Gasteiger partial charge in [0.05, 0.1) is 5.52 Å².